The van der Waals surface area contributed by atoms with E-state index in [1.54, 1.807) is 4.68 Å². The van der Waals surface area contributed by atoms with Crippen LogP contribution in [0.2, 0.25) is 0 Å². The van der Waals surface area contributed by atoms with Crippen molar-refractivity contribution in [2.24, 2.45) is 0 Å². The highest BCUT2D eigenvalue weighted by molar-refractivity contribution is 5.55. The van der Waals surface area contributed by atoms with E-state index < -0.39 is 0 Å². The Morgan fingerprint density at radius 3 is 2.36 bits per heavy atom. The standard InChI is InChI=1S/C9H14N4O/c1-9(2,3)13-7(11)6(5-10)8(12-13)14-4/h11H2,1-4H3. The second-order valence-electron chi connectivity index (χ2n) is 3.96. The average molecular weight is 194 g/mol. The number of rotatable bonds is 1. The van der Waals surface area contributed by atoms with E-state index in [0.717, 1.165) is 0 Å². The summed E-state index contributed by atoms with van der Waals surface area (Å²) in [6, 6.07) is 1.97. The average Bonchev–Trinajstić information content (AvgIpc) is 2.40. The van der Waals surface area contributed by atoms with Gasteiger partial charge in [0.15, 0.2) is 5.56 Å². The molecule has 1 aromatic heterocycles. The first-order valence-electron chi connectivity index (χ1n) is 4.25. The predicted molar refractivity (Wildman–Crippen MR) is 52.9 cm³/mol. The fourth-order valence-electron chi connectivity index (χ4n) is 1.17. The van der Waals surface area contributed by atoms with Crippen LogP contribution in [-0.4, -0.2) is 16.9 Å². The molecule has 14 heavy (non-hydrogen) atoms. The van der Waals surface area contributed by atoms with Crippen LogP contribution in [0.1, 0.15) is 26.3 Å². The molecule has 0 bridgehead atoms. The highest BCUT2D eigenvalue weighted by atomic mass is 16.5. The molecule has 0 saturated carbocycles. The van der Waals surface area contributed by atoms with Gasteiger partial charge in [-0.25, -0.2) is 4.68 Å². The smallest absolute Gasteiger partial charge is 0.252 e. The van der Waals surface area contributed by atoms with Crippen molar-refractivity contribution in [2.75, 3.05) is 12.8 Å². The van der Waals surface area contributed by atoms with E-state index in [4.69, 9.17) is 15.7 Å². The monoisotopic (exact) mass is 194 g/mol. The molecule has 0 aliphatic carbocycles. The molecule has 0 unspecified atom stereocenters. The van der Waals surface area contributed by atoms with Gasteiger partial charge >= 0.3 is 0 Å². The Balaban J connectivity index is 3.37. The van der Waals surface area contributed by atoms with Crippen LogP contribution >= 0.6 is 0 Å². The summed E-state index contributed by atoms with van der Waals surface area (Å²) in [5.41, 5.74) is 5.81. The molecule has 76 valence electrons. The van der Waals surface area contributed by atoms with Gasteiger partial charge in [0.1, 0.15) is 11.9 Å². The predicted octanol–water partition coefficient (Wildman–Crippen LogP) is 1.10. The Hall–Kier alpha value is -1.70. The number of hydrogen-bond acceptors (Lipinski definition) is 4. The number of nitriles is 1. The highest BCUT2D eigenvalue weighted by Gasteiger charge is 2.23. The number of ether oxygens (including phenoxy) is 1. The quantitative estimate of drug-likeness (QED) is 0.726. The lowest BCUT2D eigenvalue weighted by atomic mass is 10.1. The van der Waals surface area contributed by atoms with Crippen LogP contribution in [0.25, 0.3) is 0 Å². The summed E-state index contributed by atoms with van der Waals surface area (Å²) in [6.45, 7) is 5.87. The van der Waals surface area contributed by atoms with Crippen molar-refractivity contribution in [3.05, 3.63) is 5.56 Å². The molecule has 0 aliphatic heterocycles. The molecule has 0 spiro atoms. The van der Waals surface area contributed by atoms with Gasteiger partial charge in [-0.3, -0.25) is 0 Å². The fraction of sp³-hybridized carbons (Fsp3) is 0.556. The third-order valence-corrected chi connectivity index (χ3v) is 1.83. The van der Waals surface area contributed by atoms with Gasteiger partial charge in [0.05, 0.1) is 12.6 Å². The van der Waals surface area contributed by atoms with Crippen molar-refractivity contribution in [1.82, 2.24) is 9.78 Å². The molecule has 1 aromatic rings. The maximum atomic E-state index is 8.85. The second kappa shape index (κ2) is 3.22. The Labute approximate surface area is 83.1 Å². The largest absolute Gasteiger partial charge is 0.479 e. The van der Waals surface area contributed by atoms with Gasteiger partial charge in [-0.05, 0) is 20.8 Å². The lowest BCUT2D eigenvalue weighted by Crippen LogP contribution is -2.24. The van der Waals surface area contributed by atoms with Gasteiger partial charge in [0.25, 0.3) is 5.88 Å². The molecule has 1 rings (SSSR count). The zero-order valence-corrected chi connectivity index (χ0v) is 8.83. The maximum Gasteiger partial charge on any atom is 0.252 e. The number of methoxy groups -OCH3 is 1. The van der Waals surface area contributed by atoms with E-state index in [0.29, 0.717) is 11.4 Å². The number of nitrogen functional groups attached to an aromatic ring is 1. The van der Waals surface area contributed by atoms with Crippen LogP contribution in [0.3, 0.4) is 0 Å². The fourth-order valence-corrected chi connectivity index (χ4v) is 1.17. The van der Waals surface area contributed by atoms with E-state index in [9.17, 15) is 0 Å². The first kappa shape index (κ1) is 10.4. The summed E-state index contributed by atoms with van der Waals surface area (Å²) in [7, 11) is 1.47. The van der Waals surface area contributed by atoms with E-state index in [-0.39, 0.29) is 11.4 Å². The topological polar surface area (TPSA) is 76.9 Å². The van der Waals surface area contributed by atoms with Crippen LogP contribution in [-0.2, 0) is 5.54 Å². The molecule has 0 saturated heterocycles. The summed E-state index contributed by atoms with van der Waals surface area (Å²) in [5.74, 6) is 0.622. The molecule has 5 heteroatoms. The summed E-state index contributed by atoms with van der Waals surface area (Å²) in [4.78, 5) is 0. The van der Waals surface area contributed by atoms with Crippen molar-refractivity contribution < 1.29 is 4.74 Å². The molecule has 0 aliphatic rings. The summed E-state index contributed by atoms with van der Waals surface area (Å²) in [5, 5.41) is 13.0. The SMILES string of the molecule is COc1nn(C(C)(C)C)c(N)c1C#N. The van der Waals surface area contributed by atoms with Crippen LogP contribution in [0, 0.1) is 11.3 Å². The molecule has 0 radical (unpaired) electrons. The highest BCUT2D eigenvalue weighted by Crippen LogP contribution is 2.27. The molecule has 0 aromatic carbocycles. The number of nitrogens with zero attached hydrogens (tertiary/aromatic N) is 3. The molecule has 2 N–H and O–H groups in total. The second-order valence-corrected chi connectivity index (χ2v) is 3.96. The van der Waals surface area contributed by atoms with Crippen molar-refractivity contribution in [3.63, 3.8) is 0 Å². The molecule has 0 fully saturated rings. The van der Waals surface area contributed by atoms with E-state index >= 15 is 0 Å². The van der Waals surface area contributed by atoms with Crippen LogP contribution < -0.4 is 10.5 Å². The normalized spacial score (nSPS) is 11.1. The molecule has 1 heterocycles. The zero-order valence-electron chi connectivity index (χ0n) is 8.83. The third kappa shape index (κ3) is 1.51. The van der Waals surface area contributed by atoms with Crippen molar-refractivity contribution in [2.45, 2.75) is 26.3 Å². The maximum absolute atomic E-state index is 8.85. The number of aromatic nitrogens is 2. The minimum Gasteiger partial charge on any atom is -0.479 e. The molecule has 0 amide bonds. The number of nitrogens with two attached hydrogens (primary N) is 1. The Morgan fingerprint density at radius 1 is 1.50 bits per heavy atom. The van der Waals surface area contributed by atoms with Crippen LogP contribution in [0.4, 0.5) is 5.82 Å². The summed E-state index contributed by atoms with van der Waals surface area (Å²) < 4.78 is 6.55. The van der Waals surface area contributed by atoms with E-state index in [1.165, 1.54) is 7.11 Å². The first-order valence-corrected chi connectivity index (χ1v) is 4.25. The summed E-state index contributed by atoms with van der Waals surface area (Å²) in [6.07, 6.45) is 0. The van der Waals surface area contributed by atoms with Gasteiger partial charge < -0.3 is 10.5 Å². The van der Waals surface area contributed by atoms with Gasteiger partial charge in [-0.2, -0.15) is 5.26 Å². The van der Waals surface area contributed by atoms with Crippen molar-refractivity contribution in [3.8, 4) is 11.9 Å². The van der Waals surface area contributed by atoms with E-state index in [1.807, 2.05) is 26.8 Å². The van der Waals surface area contributed by atoms with Crippen molar-refractivity contribution >= 4 is 5.82 Å². The van der Waals surface area contributed by atoms with Gasteiger partial charge in [-0.15, -0.1) is 5.10 Å². The van der Waals surface area contributed by atoms with Crippen LogP contribution in [0.15, 0.2) is 0 Å². The lowest BCUT2D eigenvalue weighted by Gasteiger charge is -2.20. The van der Waals surface area contributed by atoms with Gasteiger partial charge in [-0.1, -0.05) is 0 Å². The Morgan fingerprint density at radius 2 is 2.07 bits per heavy atom. The molecule has 0 atom stereocenters. The molecular formula is C9H14N4O. The first-order chi connectivity index (χ1) is 6.41. The van der Waals surface area contributed by atoms with Gasteiger partial charge in [0.2, 0.25) is 0 Å². The Kier molecular flexibility index (Phi) is 2.39. The lowest BCUT2D eigenvalue weighted by molar-refractivity contribution is 0.333. The van der Waals surface area contributed by atoms with Crippen LogP contribution in [0.5, 0.6) is 5.88 Å². The molecule has 5 nitrogen and oxygen atoms in total. The minimum absolute atomic E-state index is 0.257. The van der Waals surface area contributed by atoms with E-state index in [2.05, 4.69) is 5.10 Å². The third-order valence-electron chi connectivity index (χ3n) is 1.83. The minimum atomic E-state index is -0.257. The molecular weight excluding hydrogens is 180 g/mol. The summed E-state index contributed by atoms with van der Waals surface area (Å²) >= 11 is 0. The Bertz CT molecular complexity index is 381. The van der Waals surface area contributed by atoms with Crippen molar-refractivity contribution in [1.29, 1.82) is 5.26 Å². The number of anilines is 1. The zero-order chi connectivity index (χ0) is 10.9. The van der Waals surface area contributed by atoms with Gasteiger partial charge in [0, 0.05) is 0 Å². The number of hydrogen-bond donors (Lipinski definition) is 1.